The molecule has 1 N–H and O–H groups in total. The first kappa shape index (κ1) is 21.3. The van der Waals surface area contributed by atoms with Gasteiger partial charge in [0.25, 0.3) is 0 Å². The van der Waals surface area contributed by atoms with E-state index in [1.54, 1.807) is 6.07 Å². The molecule has 0 saturated carbocycles. The highest BCUT2D eigenvalue weighted by Crippen LogP contribution is 2.29. The Morgan fingerprint density at radius 1 is 0.867 bits per heavy atom. The fourth-order valence-corrected chi connectivity index (χ4v) is 4.44. The van der Waals surface area contributed by atoms with Gasteiger partial charge in [-0.15, -0.1) is 0 Å². The third-order valence-corrected chi connectivity index (χ3v) is 6.35. The van der Waals surface area contributed by atoms with Crippen LogP contribution < -0.4 is 5.32 Å². The molecule has 2 nitrogen and oxygen atoms in total. The lowest BCUT2D eigenvalue weighted by atomic mass is 10.1. The lowest BCUT2D eigenvalue weighted by Crippen LogP contribution is -2.17. The summed E-state index contributed by atoms with van der Waals surface area (Å²) in [5.74, 6) is 0. The summed E-state index contributed by atoms with van der Waals surface area (Å²) in [5.41, 5.74) is 6.14. The third-order valence-electron chi connectivity index (χ3n) is 5.51. The van der Waals surface area contributed by atoms with Crippen molar-refractivity contribution in [3.8, 4) is 0 Å². The molecule has 1 heterocycles. The SMILES string of the molecule is Cc1c(CNCCc2ccc(Cl)cc2)c2ccccc2n1Cc1ccc(Cl)cc1Cl. The van der Waals surface area contributed by atoms with Gasteiger partial charge in [-0.2, -0.15) is 0 Å². The van der Waals surface area contributed by atoms with Crippen LogP contribution in [0.15, 0.2) is 66.7 Å². The van der Waals surface area contributed by atoms with Crippen molar-refractivity contribution < 1.29 is 0 Å². The van der Waals surface area contributed by atoms with E-state index >= 15 is 0 Å². The maximum atomic E-state index is 6.44. The second-order valence-electron chi connectivity index (χ2n) is 7.46. The molecular formula is C25H23Cl3N2. The maximum Gasteiger partial charge on any atom is 0.0493 e. The van der Waals surface area contributed by atoms with E-state index in [2.05, 4.69) is 53.2 Å². The van der Waals surface area contributed by atoms with Crippen LogP contribution in [0.4, 0.5) is 0 Å². The van der Waals surface area contributed by atoms with Crippen molar-refractivity contribution in [2.24, 2.45) is 0 Å². The van der Waals surface area contributed by atoms with Gasteiger partial charge < -0.3 is 9.88 Å². The van der Waals surface area contributed by atoms with Gasteiger partial charge in [-0.05, 0) is 66.9 Å². The number of hydrogen-bond donors (Lipinski definition) is 1. The predicted molar refractivity (Wildman–Crippen MR) is 129 cm³/mol. The van der Waals surface area contributed by atoms with Gasteiger partial charge in [-0.25, -0.2) is 0 Å². The molecule has 0 atom stereocenters. The normalized spacial score (nSPS) is 11.3. The third kappa shape index (κ3) is 4.68. The van der Waals surface area contributed by atoms with Crippen molar-refractivity contribution in [3.63, 3.8) is 0 Å². The molecule has 154 valence electrons. The first-order valence-electron chi connectivity index (χ1n) is 9.98. The zero-order chi connectivity index (χ0) is 21.1. The second kappa shape index (κ2) is 9.45. The highest BCUT2D eigenvalue weighted by atomic mass is 35.5. The van der Waals surface area contributed by atoms with E-state index in [4.69, 9.17) is 34.8 Å². The van der Waals surface area contributed by atoms with E-state index in [1.165, 1.54) is 27.7 Å². The quantitative estimate of drug-likeness (QED) is 0.288. The number of para-hydroxylation sites is 1. The van der Waals surface area contributed by atoms with Crippen LogP contribution in [-0.2, 0) is 19.5 Å². The fourth-order valence-electron chi connectivity index (χ4n) is 3.85. The fraction of sp³-hybridized carbons (Fsp3) is 0.200. The largest absolute Gasteiger partial charge is 0.340 e. The smallest absolute Gasteiger partial charge is 0.0493 e. The van der Waals surface area contributed by atoms with Crippen LogP contribution in [0.3, 0.4) is 0 Å². The molecule has 1 aromatic heterocycles. The van der Waals surface area contributed by atoms with Gasteiger partial charge >= 0.3 is 0 Å². The summed E-state index contributed by atoms with van der Waals surface area (Å²) < 4.78 is 2.33. The molecule has 3 aromatic carbocycles. The van der Waals surface area contributed by atoms with Gasteiger partial charge in [-0.3, -0.25) is 0 Å². The first-order valence-corrected chi connectivity index (χ1v) is 11.1. The molecule has 0 unspecified atom stereocenters. The molecule has 4 rings (SSSR count). The minimum atomic E-state index is 0.656. The zero-order valence-electron chi connectivity index (χ0n) is 16.8. The Balaban J connectivity index is 1.53. The molecule has 0 amide bonds. The number of fused-ring (bicyclic) bond motifs is 1. The second-order valence-corrected chi connectivity index (χ2v) is 8.74. The summed E-state index contributed by atoms with van der Waals surface area (Å²) in [4.78, 5) is 0. The Hall–Kier alpha value is -1.97. The van der Waals surface area contributed by atoms with E-state index in [0.29, 0.717) is 16.6 Å². The van der Waals surface area contributed by atoms with Crippen LogP contribution in [-0.4, -0.2) is 11.1 Å². The number of rotatable bonds is 7. The van der Waals surface area contributed by atoms with Crippen LogP contribution in [0.2, 0.25) is 15.1 Å². The van der Waals surface area contributed by atoms with Gasteiger partial charge in [-0.1, -0.05) is 71.2 Å². The van der Waals surface area contributed by atoms with Crippen LogP contribution >= 0.6 is 34.8 Å². The summed E-state index contributed by atoms with van der Waals surface area (Å²) in [5, 5.41) is 7.01. The monoisotopic (exact) mass is 456 g/mol. The first-order chi connectivity index (χ1) is 14.5. The summed E-state index contributed by atoms with van der Waals surface area (Å²) in [7, 11) is 0. The molecule has 0 aliphatic rings. The Kier molecular flexibility index (Phi) is 6.70. The summed E-state index contributed by atoms with van der Waals surface area (Å²) in [6.45, 7) is 4.62. The molecule has 0 radical (unpaired) electrons. The minimum absolute atomic E-state index is 0.656. The highest BCUT2D eigenvalue weighted by molar-refractivity contribution is 6.35. The van der Waals surface area contributed by atoms with E-state index < -0.39 is 0 Å². The number of nitrogens with one attached hydrogen (secondary N) is 1. The molecule has 5 heteroatoms. The van der Waals surface area contributed by atoms with Gasteiger partial charge in [0.2, 0.25) is 0 Å². The standard InChI is InChI=1S/C25H23Cl3N2/c1-17-23(15-29-13-12-18-6-9-20(26)10-7-18)22-4-2-3-5-25(22)30(17)16-19-8-11-21(27)14-24(19)28/h2-11,14,29H,12-13,15-16H2,1H3. The van der Waals surface area contributed by atoms with Crippen LogP contribution in [0.25, 0.3) is 10.9 Å². The van der Waals surface area contributed by atoms with Gasteiger partial charge in [0, 0.05) is 44.8 Å². The van der Waals surface area contributed by atoms with Crippen molar-refractivity contribution in [1.82, 2.24) is 9.88 Å². The molecule has 0 aliphatic heterocycles. The summed E-state index contributed by atoms with van der Waals surface area (Å²) >= 11 is 18.5. The number of hydrogen-bond acceptors (Lipinski definition) is 1. The van der Waals surface area contributed by atoms with E-state index in [1.807, 2.05) is 24.3 Å². The molecular weight excluding hydrogens is 435 g/mol. The Labute approximate surface area is 192 Å². The maximum absolute atomic E-state index is 6.44. The topological polar surface area (TPSA) is 17.0 Å². The molecule has 4 aromatic rings. The lowest BCUT2D eigenvalue weighted by molar-refractivity contribution is 0.681. The Morgan fingerprint density at radius 2 is 1.60 bits per heavy atom. The number of halogens is 3. The average Bonchev–Trinajstić information content (AvgIpc) is 3.00. The summed E-state index contributed by atoms with van der Waals surface area (Å²) in [6, 6.07) is 22.3. The van der Waals surface area contributed by atoms with Crippen molar-refractivity contribution in [3.05, 3.63) is 104 Å². The molecule has 0 saturated heterocycles. The molecule has 0 bridgehead atoms. The van der Waals surface area contributed by atoms with Crippen molar-refractivity contribution in [2.75, 3.05) is 6.54 Å². The number of aromatic nitrogens is 1. The molecule has 0 spiro atoms. The van der Waals surface area contributed by atoms with Crippen LogP contribution in [0, 0.1) is 6.92 Å². The number of benzene rings is 3. The van der Waals surface area contributed by atoms with E-state index in [-0.39, 0.29) is 0 Å². The lowest BCUT2D eigenvalue weighted by Gasteiger charge is -2.11. The van der Waals surface area contributed by atoms with E-state index in [0.717, 1.165) is 30.1 Å². The molecule has 0 fully saturated rings. The molecule has 0 aliphatic carbocycles. The Morgan fingerprint density at radius 3 is 2.37 bits per heavy atom. The van der Waals surface area contributed by atoms with Crippen LogP contribution in [0.1, 0.15) is 22.4 Å². The zero-order valence-corrected chi connectivity index (χ0v) is 19.0. The van der Waals surface area contributed by atoms with Crippen LogP contribution in [0.5, 0.6) is 0 Å². The average molecular weight is 458 g/mol. The van der Waals surface area contributed by atoms with Gasteiger partial charge in [0.15, 0.2) is 0 Å². The molecule has 30 heavy (non-hydrogen) atoms. The highest BCUT2D eigenvalue weighted by Gasteiger charge is 2.14. The Bertz CT molecular complexity index is 1160. The van der Waals surface area contributed by atoms with E-state index in [9.17, 15) is 0 Å². The van der Waals surface area contributed by atoms with Gasteiger partial charge in [0.1, 0.15) is 0 Å². The van der Waals surface area contributed by atoms with Crippen molar-refractivity contribution >= 4 is 45.7 Å². The van der Waals surface area contributed by atoms with Crippen molar-refractivity contribution in [2.45, 2.75) is 26.4 Å². The summed E-state index contributed by atoms with van der Waals surface area (Å²) in [6.07, 6.45) is 0.968. The van der Waals surface area contributed by atoms with Crippen molar-refractivity contribution in [1.29, 1.82) is 0 Å². The minimum Gasteiger partial charge on any atom is -0.340 e. The number of nitrogens with zero attached hydrogens (tertiary/aromatic N) is 1. The van der Waals surface area contributed by atoms with Gasteiger partial charge in [0.05, 0.1) is 0 Å². The predicted octanol–water partition coefficient (Wildman–Crippen LogP) is 7.29.